The van der Waals surface area contributed by atoms with Crippen molar-refractivity contribution in [2.24, 2.45) is 5.73 Å². The zero-order chi connectivity index (χ0) is 29.6. The minimum absolute atomic E-state index is 0.0761. The maximum absolute atomic E-state index is 14.3. The molecule has 2 aromatic carbocycles. The van der Waals surface area contributed by atoms with Crippen molar-refractivity contribution in [2.75, 3.05) is 11.9 Å². The lowest BCUT2D eigenvalue weighted by Gasteiger charge is -2.48. The lowest BCUT2D eigenvalue weighted by Crippen LogP contribution is -2.71. The van der Waals surface area contributed by atoms with Crippen LogP contribution in [0.1, 0.15) is 51.5 Å². The number of nitro benzene ring substituents is 1. The van der Waals surface area contributed by atoms with Gasteiger partial charge in [-0.3, -0.25) is 34.1 Å². The maximum Gasteiger partial charge on any atom is 0.269 e. The number of nitro groups is 1. The summed E-state index contributed by atoms with van der Waals surface area (Å²) in [6, 6.07) is 11.2. The summed E-state index contributed by atoms with van der Waals surface area (Å²) in [6.07, 6.45) is -0.0603. The Hall–Kier alpha value is -4.45. The molecule has 0 aromatic heterocycles. The van der Waals surface area contributed by atoms with Crippen molar-refractivity contribution in [3.05, 3.63) is 70.3 Å². The highest BCUT2D eigenvalue weighted by Gasteiger charge is 2.62. The van der Waals surface area contributed by atoms with Crippen LogP contribution in [0.15, 0.2) is 54.6 Å². The van der Waals surface area contributed by atoms with Crippen LogP contribution < -0.4 is 16.4 Å². The van der Waals surface area contributed by atoms with Gasteiger partial charge in [0, 0.05) is 37.2 Å². The van der Waals surface area contributed by atoms with E-state index in [0.29, 0.717) is 12.0 Å². The molecule has 2 aromatic rings. The molecule has 1 fully saturated rings. The summed E-state index contributed by atoms with van der Waals surface area (Å²) in [7, 11) is 0. The zero-order valence-corrected chi connectivity index (χ0v) is 22.6. The lowest BCUT2D eigenvalue weighted by atomic mass is 9.66. The van der Waals surface area contributed by atoms with Gasteiger partial charge in [0.15, 0.2) is 11.3 Å². The second-order valence-corrected chi connectivity index (χ2v) is 9.77. The van der Waals surface area contributed by atoms with Crippen LogP contribution in [0.5, 0.6) is 0 Å². The number of nitrogens with zero attached hydrogens (tertiary/aromatic N) is 2. The van der Waals surface area contributed by atoms with Crippen LogP contribution in [-0.4, -0.2) is 63.3 Å². The molecule has 1 saturated carbocycles. The summed E-state index contributed by atoms with van der Waals surface area (Å²) in [6.45, 7) is 4.54. The standard InChI is InChI=1S/C28H33N5O7/c1-4-16-32(26(37)18(3)30-25(36)17(2)29)28(27(38)31-20-10-12-21(13-11-20)33(39)40)23(35)15-14-22(34)24(28)19-8-6-5-7-9-19/h5-13,17-18,24H,4,14-16,29H2,1-3H3,(H,30,36)(H,31,38)/t17-,18-,24?,28-/m0/s1. The minimum Gasteiger partial charge on any atom is -0.343 e. The second kappa shape index (κ2) is 12.6. The minimum atomic E-state index is -2.29. The van der Waals surface area contributed by atoms with E-state index in [1.807, 2.05) is 0 Å². The molecule has 212 valence electrons. The largest absolute Gasteiger partial charge is 0.343 e. The van der Waals surface area contributed by atoms with Crippen molar-refractivity contribution in [3.8, 4) is 0 Å². The molecule has 1 aliphatic carbocycles. The molecule has 12 heteroatoms. The number of benzene rings is 2. The summed E-state index contributed by atoms with van der Waals surface area (Å²) >= 11 is 0. The number of amides is 3. The molecule has 1 unspecified atom stereocenters. The Balaban J connectivity index is 2.21. The molecule has 3 rings (SSSR count). The van der Waals surface area contributed by atoms with Crippen molar-refractivity contribution >= 4 is 40.7 Å². The first kappa shape index (κ1) is 30.1. The number of Topliss-reactive ketones (excluding diaryl/α,β-unsaturated/α-hetero) is 2. The van der Waals surface area contributed by atoms with E-state index in [0.717, 1.165) is 4.90 Å². The molecular weight excluding hydrogens is 518 g/mol. The third-order valence-electron chi connectivity index (χ3n) is 6.86. The van der Waals surface area contributed by atoms with E-state index in [1.54, 1.807) is 37.3 Å². The molecule has 4 atom stereocenters. The number of carbonyl (C=O) groups excluding carboxylic acids is 5. The van der Waals surface area contributed by atoms with E-state index >= 15 is 0 Å². The Morgan fingerprint density at radius 2 is 1.70 bits per heavy atom. The number of non-ortho nitro benzene ring substituents is 1. The monoisotopic (exact) mass is 551 g/mol. The molecule has 1 aliphatic rings. The van der Waals surface area contributed by atoms with E-state index < -0.39 is 57.8 Å². The van der Waals surface area contributed by atoms with Crippen LogP contribution in [0.3, 0.4) is 0 Å². The van der Waals surface area contributed by atoms with Gasteiger partial charge in [0.1, 0.15) is 11.8 Å². The molecule has 0 aliphatic heterocycles. The molecular formula is C28H33N5O7. The van der Waals surface area contributed by atoms with Crippen molar-refractivity contribution < 1.29 is 28.9 Å². The number of hydrogen-bond donors (Lipinski definition) is 3. The molecule has 0 bridgehead atoms. The van der Waals surface area contributed by atoms with E-state index in [9.17, 15) is 34.1 Å². The van der Waals surface area contributed by atoms with Crippen molar-refractivity contribution in [1.29, 1.82) is 0 Å². The summed E-state index contributed by atoms with van der Waals surface area (Å²) in [5.74, 6) is -4.63. The van der Waals surface area contributed by atoms with Gasteiger partial charge < -0.3 is 21.3 Å². The Labute approximate surface area is 231 Å². The van der Waals surface area contributed by atoms with Crippen molar-refractivity contribution in [2.45, 2.75) is 63.6 Å². The number of nitrogens with one attached hydrogen (secondary N) is 2. The van der Waals surface area contributed by atoms with Gasteiger partial charge in [0.05, 0.1) is 16.9 Å². The van der Waals surface area contributed by atoms with Gasteiger partial charge in [-0.25, -0.2) is 0 Å². The fourth-order valence-electron chi connectivity index (χ4n) is 4.94. The van der Waals surface area contributed by atoms with E-state index in [2.05, 4.69) is 10.6 Å². The van der Waals surface area contributed by atoms with E-state index in [4.69, 9.17) is 5.73 Å². The SMILES string of the molecule is CCCN(C(=O)[C@H](C)NC(=O)[C@H](C)N)[C@@]1(C(=O)Nc2ccc([N+](=O)[O-])cc2)C(=O)CCC(=O)C1c1ccccc1. The van der Waals surface area contributed by atoms with Gasteiger partial charge in [0.2, 0.25) is 11.8 Å². The Kier molecular flexibility index (Phi) is 9.48. The van der Waals surface area contributed by atoms with Crippen LogP contribution in [0.4, 0.5) is 11.4 Å². The van der Waals surface area contributed by atoms with Gasteiger partial charge in [-0.2, -0.15) is 0 Å². The third-order valence-corrected chi connectivity index (χ3v) is 6.86. The Morgan fingerprint density at radius 3 is 2.25 bits per heavy atom. The fraction of sp³-hybridized carbons (Fsp3) is 0.393. The Bertz CT molecular complexity index is 1300. The first-order chi connectivity index (χ1) is 18.9. The summed E-state index contributed by atoms with van der Waals surface area (Å²) in [5, 5.41) is 16.2. The number of nitrogens with two attached hydrogens (primary N) is 1. The van der Waals surface area contributed by atoms with Gasteiger partial charge in [-0.05, 0) is 38.0 Å². The van der Waals surface area contributed by atoms with Gasteiger partial charge in [-0.1, -0.05) is 37.3 Å². The number of ketones is 2. The third kappa shape index (κ3) is 5.91. The van der Waals surface area contributed by atoms with Crippen LogP contribution >= 0.6 is 0 Å². The molecule has 0 saturated heterocycles. The molecule has 40 heavy (non-hydrogen) atoms. The quantitative estimate of drug-likeness (QED) is 0.228. The van der Waals surface area contributed by atoms with Crippen molar-refractivity contribution in [1.82, 2.24) is 10.2 Å². The second-order valence-electron chi connectivity index (χ2n) is 9.77. The average Bonchev–Trinajstić information content (AvgIpc) is 2.93. The van der Waals surface area contributed by atoms with Gasteiger partial charge in [-0.15, -0.1) is 0 Å². The molecule has 12 nitrogen and oxygen atoms in total. The predicted molar refractivity (Wildman–Crippen MR) is 146 cm³/mol. The first-order valence-corrected chi connectivity index (χ1v) is 13.0. The summed E-state index contributed by atoms with van der Waals surface area (Å²) in [5.41, 5.74) is 3.66. The van der Waals surface area contributed by atoms with Crippen LogP contribution in [0, 0.1) is 10.1 Å². The highest BCUT2D eigenvalue weighted by molar-refractivity contribution is 6.23. The van der Waals surface area contributed by atoms with Crippen LogP contribution in [-0.2, 0) is 24.0 Å². The lowest BCUT2D eigenvalue weighted by molar-refractivity contribution is -0.384. The highest BCUT2D eigenvalue weighted by atomic mass is 16.6. The molecule has 3 amide bonds. The zero-order valence-electron chi connectivity index (χ0n) is 22.6. The first-order valence-electron chi connectivity index (χ1n) is 13.0. The summed E-state index contributed by atoms with van der Waals surface area (Å²) in [4.78, 5) is 79.7. The summed E-state index contributed by atoms with van der Waals surface area (Å²) < 4.78 is 0. The van der Waals surface area contributed by atoms with Gasteiger partial charge in [0.25, 0.3) is 11.6 Å². The smallest absolute Gasteiger partial charge is 0.269 e. The highest BCUT2D eigenvalue weighted by Crippen LogP contribution is 2.42. The predicted octanol–water partition coefficient (Wildman–Crippen LogP) is 2.08. The number of rotatable bonds is 10. The molecule has 0 spiro atoms. The van der Waals surface area contributed by atoms with E-state index in [1.165, 1.54) is 38.1 Å². The normalized spacial score (nSPS) is 20.2. The maximum atomic E-state index is 14.3. The number of anilines is 1. The molecule has 0 heterocycles. The Morgan fingerprint density at radius 1 is 1.07 bits per heavy atom. The number of carbonyl (C=O) groups is 5. The van der Waals surface area contributed by atoms with E-state index in [-0.39, 0.29) is 30.8 Å². The fourth-order valence-corrected chi connectivity index (χ4v) is 4.94. The van der Waals surface area contributed by atoms with Crippen molar-refractivity contribution in [3.63, 3.8) is 0 Å². The number of hydrogen-bond acceptors (Lipinski definition) is 8. The average molecular weight is 552 g/mol. The van der Waals surface area contributed by atoms with Gasteiger partial charge >= 0.3 is 0 Å². The van der Waals surface area contributed by atoms with Crippen LogP contribution in [0.25, 0.3) is 0 Å². The molecule has 4 N–H and O–H groups in total. The topological polar surface area (TPSA) is 182 Å². The van der Waals surface area contributed by atoms with Crippen LogP contribution in [0.2, 0.25) is 0 Å². The molecule has 0 radical (unpaired) electrons.